The average Bonchev–Trinajstić information content (AvgIpc) is 2.20. The van der Waals surface area contributed by atoms with E-state index in [9.17, 15) is 9.59 Å². The van der Waals surface area contributed by atoms with Crippen LogP contribution in [0.4, 0.5) is 0 Å². The fraction of sp³-hybridized carbons (Fsp3) is 0.400. The summed E-state index contributed by atoms with van der Waals surface area (Å²) in [5, 5.41) is 0. The Bertz CT molecular complexity index is 324. The van der Waals surface area contributed by atoms with Crippen molar-refractivity contribution in [1.82, 2.24) is 0 Å². The summed E-state index contributed by atoms with van der Waals surface area (Å²) in [5.74, 6) is -0.371. The van der Waals surface area contributed by atoms with Gasteiger partial charge in [0, 0.05) is 11.1 Å². The van der Waals surface area contributed by atoms with Crippen molar-refractivity contribution in [2.75, 3.05) is 14.2 Å². The number of hydrogen-bond acceptors (Lipinski definition) is 4. The lowest BCUT2D eigenvalue weighted by Crippen LogP contribution is -2.25. The van der Waals surface area contributed by atoms with E-state index in [0.29, 0.717) is 22.7 Å². The summed E-state index contributed by atoms with van der Waals surface area (Å²) >= 11 is 0. The predicted molar refractivity (Wildman–Crippen MR) is 49.4 cm³/mol. The maximum atomic E-state index is 11.4. The molecular formula is C10H12O4. The molecule has 1 aliphatic carbocycles. The lowest BCUT2D eigenvalue weighted by atomic mass is 9.95. The molecule has 0 N–H and O–H groups in total. The van der Waals surface area contributed by atoms with Gasteiger partial charge in [0.1, 0.15) is 0 Å². The summed E-state index contributed by atoms with van der Waals surface area (Å²) in [4.78, 5) is 22.8. The molecule has 0 heterocycles. The highest BCUT2D eigenvalue weighted by Gasteiger charge is 2.31. The van der Waals surface area contributed by atoms with E-state index < -0.39 is 11.6 Å². The first-order chi connectivity index (χ1) is 6.54. The quantitative estimate of drug-likeness (QED) is 0.488. The molecule has 4 heteroatoms. The lowest BCUT2D eigenvalue weighted by Gasteiger charge is -2.18. The van der Waals surface area contributed by atoms with Crippen molar-refractivity contribution < 1.29 is 19.1 Å². The predicted octanol–water partition coefficient (Wildman–Crippen LogP) is 0.979. The third-order valence-corrected chi connectivity index (χ3v) is 2.18. The molecule has 0 amide bonds. The normalized spacial score (nSPS) is 17.7. The van der Waals surface area contributed by atoms with Crippen LogP contribution in [-0.4, -0.2) is 25.8 Å². The van der Waals surface area contributed by atoms with Crippen molar-refractivity contribution in [3.8, 4) is 0 Å². The molecule has 0 aliphatic heterocycles. The molecule has 4 nitrogen and oxygen atoms in total. The number of hydrogen-bond donors (Lipinski definition) is 0. The summed E-state index contributed by atoms with van der Waals surface area (Å²) in [6.45, 7) is 3.09. The van der Waals surface area contributed by atoms with Crippen LogP contribution in [0, 0.1) is 0 Å². The zero-order chi connectivity index (χ0) is 10.9. The van der Waals surface area contributed by atoms with Crippen molar-refractivity contribution in [2.45, 2.75) is 13.8 Å². The molecule has 0 aromatic carbocycles. The summed E-state index contributed by atoms with van der Waals surface area (Å²) in [6.07, 6.45) is 0. The number of carbonyl (C=O) groups is 2. The van der Waals surface area contributed by atoms with Gasteiger partial charge in [-0.2, -0.15) is 0 Å². The standard InChI is InChI=1S/C10H12O4/c1-5-7(11)8(12)6(2)10(14-4)9(5)13-3/h1-4H3. The van der Waals surface area contributed by atoms with Crippen LogP contribution in [0.15, 0.2) is 22.7 Å². The van der Waals surface area contributed by atoms with E-state index in [-0.39, 0.29) is 0 Å². The average molecular weight is 196 g/mol. The fourth-order valence-corrected chi connectivity index (χ4v) is 1.38. The van der Waals surface area contributed by atoms with E-state index >= 15 is 0 Å². The Hall–Kier alpha value is -1.58. The highest BCUT2D eigenvalue weighted by molar-refractivity contribution is 6.49. The molecule has 0 aromatic rings. The van der Waals surface area contributed by atoms with Gasteiger partial charge in [-0.25, -0.2) is 0 Å². The molecule has 0 saturated carbocycles. The van der Waals surface area contributed by atoms with Crippen LogP contribution < -0.4 is 0 Å². The Morgan fingerprint density at radius 1 is 0.786 bits per heavy atom. The van der Waals surface area contributed by atoms with Crippen molar-refractivity contribution >= 4 is 11.6 Å². The van der Waals surface area contributed by atoms with Crippen LogP contribution in [0.1, 0.15) is 13.8 Å². The largest absolute Gasteiger partial charge is 0.492 e. The van der Waals surface area contributed by atoms with Crippen LogP contribution in [0.5, 0.6) is 0 Å². The SMILES string of the molecule is COC1=C(C)C(=O)C(=O)C(C)=C1OC. The zero-order valence-corrected chi connectivity index (χ0v) is 8.63. The molecule has 0 saturated heterocycles. The van der Waals surface area contributed by atoms with Crippen molar-refractivity contribution in [3.63, 3.8) is 0 Å². The van der Waals surface area contributed by atoms with Gasteiger partial charge >= 0.3 is 0 Å². The van der Waals surface area contributed by atoms with Crippen LogP contribution in [0.25, 0.3) is 0 Å². The number of allylic oxidation sites excluding steroid dienone is 2. The van der Waals surface area contributed by atoms with Crippen molar-refractivity contribution in [1.29, 1.82) is 0 Å². The van der Waals surface area contributed by atoms with Gasteiger partial charge in [0.2, 0.25) is 11.6 Å². The van der Waals surface area contributed by atoms with Crippen molar-refractivity contribution in [3.05, 3.63) is 22.7 Å². The summed E-state index contributed by atoms with van der Waals surface area (Å²) in [5.41, 5.74) is 0.583. The first-order valence-electron chi connectivity index (χ1n) is 4.13. The first-order valence-corrected chi connectivity index (χ1v) is 4.13. The van der Waals surface area contributed by atoms with Gasteiger partial charge in [0.15, 0.2) is 11.5 Å². The van der Waals surface area contributed by atoms with E-state index in [0.717, 1.165) is 0 Å². The van der Waals surface area contributed by atoms with Gasteiger partial charge in [-0.3, -0.25) is 9.59 Å². The summed E-state index contributed by atoms with van der Waals surface area (Å²) in [6, 6.07) is 0. The van der Waals surface area contributed by atoms with Crippen molar-refractivity contribution in [2.24, 2.45) is 0 Å². The molecule has 1 aliphatic rings. The second-order valence-electron chi connectivity index (χ2n) is 2.97. The summed E-state index contributed by atoms with van der Waals surface area (Å²) < 4.78 is 10.0. The molecule has 14 heavy (non-hydrogen) atoms. The van der Waals surface area contributed by atoms with Gasteiger partial charge < -0.3 is 9.47 Å². The summed E-state index contributed by atoms with van der Waals surface area (Å²) in [7, 11) is 2.88. The van der Waals surface area contributed by atoms with Crippen LogP contribution in [-0.2, 0) is 19.1 Å². The van der Waals surface area contributed by atoms with Gasteiger partial charge in [0.25, 0.3) is 0 Å². The Balaban J connectivity index is 3.37. The molecule has 0 spiro atoms. The number of methoxy groups -OCH3 is 2. The van der Waals surface area contributed by atoms with Gasteiger partial charge in [-0.1, -0.05) is 0 Å². The molecule has 0 fully saturated rings. The lowest BCUT2D eigenvalue weighted by molar-refractivity contribution is -0.132. The molecule has 0 atom stereocenters. The van der Waals surface area contributed by atoms with Crippen LogP contribution in [0.3, 0.4) is 0 Å². The number of rotatable bonds is 2. The topological polar surface area (TPSA) is 52.6 Å². The van der Waals surface area contributed by atoms with Gasteiger partial charge in [-0.05, 0) is 13.8 Å². The van der Waals surface area contributed by atoms with Gasteiger partial charge in [-0.15, -0.1) is 0 Å². The minimum Gasteiger partial charge on any atom is -0.492 e. The smallest absolute Gasteiger partial charge is 0.232 e. The molecular weight excluding hydrogens is 184 g/mol. The van der Waals surface area contributed by atoms with E-state index in [1.807, 2.05) is 0 Å². The molecule has 0 aromatic heterocycles. The van der Waals surface area contributed by atoms with Crippen LogP contribution >= 0.6 is 0 Å². The first kappa shape index (κ1) is 10.5. The Labute approximate surface area is 82.2 Å². The van der Waals surface area contributed by atoms with E-state index in [1.165, 1.54) is 14.2 Å². The molecule has 0 bridgehead atoms. The Morgan fingerprint density at radius 3 is 1.29 bits per heavy atom. The molecule has 76 valence electrons. The fourth-order valence-electron chi connectivity index (χ4n) is 1.38. The molecule has 0 radical (unpaired) electrons. The minimum absolute atomic E-state index is 0.292. The molecule has 0 unspecified atom stereocenters. The number of ether oxygens (including phenoxy) is 2. The number of carbonyl (C=O) groups excluding carboxylic acids is 2. The van der Waals surface area contributed by atoms with E-state index in [4.69, 9.17) is 9.47 Å². The van der Waals surface area contributed by atoms with Gasteiger partial charge in [0.05, 0.1) is 14.2 Å². The van der Waals surface area contributed by atoms with E-state index in [2.05, 4.69) is 0 Å². The molecule has 1 rings (SSSR count). The maximum absolute atomic E-state index is 11.4. The Kier molecular flexibility index (Phi) is 2.74. The third kappa shape index (κ3) is 1.32. The van der Waals surface area contributed by atoms with Crippen LogP contribution in [0.2, 0.25) is 0 Å². The minimum atomic E-state index is -0.528. The van der Waals surface area contributed by atoms with E-state index in [1.54, 1.807) is 13.8 Å². The highest BCUT2D eigenvalue weighted by Crippen LogP contribution is 2.26. The maximum Gasteiger partial charge on any atom is 0.232 e. The second kappa shape index (κ2) is 3.65. The number of Topliss-reactive ketones (excluding diaryl/α,β-unsaturated/α-hetero) is 2. The monoisotopic (exact) mass is 196 g/mol. The Morgan fingerprint density at radius 2 is 1.07 bits per heavy atom. The zero-order valence-electron chi connectivity index (χ0n) is 8.63. The third-order valence-electron chi connectivity index (χ3n) is 2.18. The number of ketones is 2. The second-order valence-corrected chi connectivity index (χ2v) is 2.97. The highest BCUT2D eigenvalue weighted by atomic mass is 16.5.